The van der Waals surface area contributed by atoms with Gasteiger partial charge in [0.2, 0.25) is 0 Å². The van der Waals surface area contributed by atoms with Gasteiger partial charge in [0.25, 0.3) is 0 Å². The quantitative estimate of drug-likeness (QED) is 0.262. The molecule has 0 radical (unpaired) electrons. The van der Waals surface area contributed by atoms with Crippen molar-refractivity contribution in [3.05, 3.63) is 29.3 Å². The fraction of sp³-hybridized carbons (Fsp3) is 0.667. The second kappa shape index (κ2) is 16.1. The first-order valence-electron chi connectivity index (χ1n) is 12.6. The minimum absolute atomic E-state index is 0.0626. The summed E-state index contributed by atoms with van der Waals surface area (Å²) in [6.07, 6.45) is 2.89. The summed E-state index contributed by atoms with van der Waals surface area (Å²) in [6.45, 7) is 14.2. The van der Waals surface area contributed by atoms with Crippen LogP contribution in [0.3, 0.4) is 0 Å². The van der Waals surface area contributed by atoms with E-state index in [2.05, 4.69) is 5.32 Å². The van der Waals surface area contributed by atoms with Crippen LogP contribution in [0.25, 0.3) is 0 Å². The first kappa shape index (κ1) is 31.4. The van der Waals surface area contributed by atoms with Gasteiger partial charge in [-0.15, -0.1) is 0 Å². The molecule has 0 aromatic heterocycles. The lowest BCUT2D eigenvalue weighted by molar-refractivity contribution is -0.115. The summed E-state index contributed by atoms with van der Waals surface area (Å²) in [5.74, 6) is 1.92. The van der Waals surface area contributed by atoms with Gasteiger partial charge in [-0.05, 0) is 69.7 Å². The third kappa shape index (κ3) is 12.2. The van der Waals surface area contributed by atoms with Crippen molar-refractivity contribution in [2.24, 2.45) is 11.8 Å². The molecular formula is C27H43NO5S2. The largest absolute Gasteiger partial charge is 0.492 e. The highest BCUT2D eigenvalue weighted by Crippen LogP contribution is 2.29. The molecule has 35 heavy (non-hydrogen) atoms. The normalized spacial score (nSPS) is 11.6. The molecule has 0 fully saturated rings. The van der Waals surface area contributed by atoms with Crippen LogP contribution in [0, 0.1) is 11.8 Å². The SMILES string of the molecule is CCC(CC)C(=O)SCc1ccc(OCCNC(=O)OC(C)(C)C)cc1CSC(=O)C(CC)CC. The van der Waals surface area contributed by atoms with E-state index in [9.17, 15) is 14.4 Å². The summed E-state index contributed by atoms with van der Waals surface area (Å²) in [6, 6.07) is 5.79. The summed E-state index contributed by atoms with van der Waals surface area (Å²) in [4.78, 5) is 36.9. The Morgan fingerprint density at radius 2 is 1.37 bits per heavy atom. The van der Waals surface area contributed by atoms with Crippen molar-refractivity contribution in [2.75, 3.05) is 13.2 Å². The Labute approximate surface area is 220 Å². The molecule has 1 rings (SSSR count). The third-order valence-electron chi connectivity index (χ3n) is 5.59. The second-order valence-corrected chi connectivity index (χ2v) is 11.4. The van der Waals surface area contributed by atoms with E-state index in [0.29, 0.717) is 30.4 Å². The Bertz CT molecular complexity index is 814. The van der Waals surface area contributed by atoms with E-state index in [1.54, 1.807) is 0 Å². The topological polar surface area (TPSA) is 81.7 Å². The summed E-state index contributed by atoms with van der Waals surface area (Å²) in [5, 5.41) is 3.10. The molecular weight excluding hydrogens is 482 g/mol. The van der Waals surface area contributed by atoms with Crippen LogP contribution in [0.4, 0.5) is 4.79 Å². The average molecular weight is 526 g/mol. The monoisotopic (exact) mass is 525 g/mol. The minimum atomic E-state index is -0.549. The minimum Gasteiger partial charge on any atom is -0.492 e. The van der Waals surface area contributed by atoms with Crippen LogP contribution in [-0.4, -0.2) is 35.1 Å². The number of carbonyl (C=O) groups excluding carboxylic acids is 3. The third-order valence-corrected chi connectivity index (χ3v) is 7.74. The molecule has 198 valence electrons. The number of carbonyl (C=O) groups is 3. The molecule has 0 unspecified atom stereocenters. The van der Waals surface area contributed by atoms with Crippen LogP contribution in [-0.2, 0) is 25.8 Å². The molecule has 1 aromatic rings. The van der Waals surface area contributed by atoms with Crippen molar-refractivity contribution >= 4 is 39.8 Å². The number of nitrogens with one attached hydrogen (secondary N) is 1. The van der Waals surface area contributed by atoms with Crippen LogP contribution >= 0.6 is 23.5 Å². The van der Waals surface area contributed by atoms with E-state index in [4.69, 9.17) is 9.47 Å². The lowest BCUT2D eigenvalue weighted by Crippen LogP contribution is -2.34. The van der Waals surface area contributed by atoms with Crippen molar-refractivity contribution < 1.29 is 23.9 Å². The van der Waals surface area contributed by atoms with E-state index < -0.39 is 11.7 Å². The molecule has 0 aliphatic carbocycles. The highest BCUT2D eigenvalue weighted by molar-refractivity contribution is 8.13. The number of hydrogen-bond donors (Lipinski definition) is 1. The Hall–Kier alpha value is -1.67. The summed E-state index contributed by atoms with van der Waals surface area (Å²) in [5.41, 5.74) is 1.49. The zero-order valence-corrected chi connectivity index (χ0v) is 24.0. The standard InChI is InChI=1S/C27H43NO5S2/c1-8-19(9-2)24(29)34-17-21-12-13-23(32-15-14-28-26(31)33-27(5,6)7)16-22(21)18-35-25(30)20(10-3)11-4/h12-13,16,19-20H,8-11,14-15,17-18H2,1-7H3,(H,28,31). The maximum atomic E-state index is 12.6. The van der Waals surface area contributed by atoms with Crippen molar-refractivity contribution in [3.8, 4) is 5.75 Å². The highest BCUT2D eigenvalue weighted by Gasteiger charge is 2.19. The lowest BCUT2D eigenvalue weighted by Gasteiger charge is -2.19. The van der Waals surface area contributed by atoms with Crippen LogP contribution in [0.15, 0.2) is 18.2 Å². The smallest absolute Gasteiger partial charge is 0.407 e. The van der Waals surface area contributed by atoms with E-state index in [1.165, 1.54) is 23.5 Å². The molecule has 0 bridgehead atoms. The predicted molar refractivity (Wildman–Crippen MR) is 147 cm³/mol. The van der Waals surface area contributed by atoms with E-state index >= 15 is 0 Å². The average Bonchev–Trinajstić information content (AvgIpc) is 2.80. The van der Waals surface area contributed by atoms with Gasteiger partial charge < -0.3 is 14.8 Å². The van der Waals surface area contributed by atoms with Crippen molar-refractivity contribution in [1.29, 1.82) is 0 Å². The molecule has 1 aromatic carbocycles. The van der Waals surface area contributed by atoms with E-state index in [0.717, 1.165) is 36.8 Å². The van der Waals surface area contributed by atoms with Crippen molar-refractivity contribution in [1.82, 2.24) is 5.32 Å². The predicted octanol–water partition coefficient (Wildman–Crippen LogP) is 6.98. The second-order valence-electron chi connectivity index (χ2n) is 9.45. The van der Waals surface area contributed by atoms with Gasteiger partial charge in [0.05, 0.1) is 6.54 Å². The number of ether oxygens (including phenoxy) is 2. The molecule has 0 heterocycles. The number of amides is 1. The van der Waals surface area contributed by atoms with Crippen molar-refractivity contribution in [2.45, 2.75) is 91.3 Å². The zero-order chi connectivity index (χ0) is 26.4. The number of thioether (sulfide) groups is 2. The molecule has 0 saturated heterocycles. The molecule has 0 spiro atoms. The van der Waals surface area contributed by atoms with Crippen LogP contribution in [0.5, 0.6) is 5.75 Å². The van der Waals surface area contributed by atoms with Crippen molar-refractivity contribution in [3.63, 3.8) is 0 Å². The maximum absolute atomic E-state index is 12.6. The molecule has 1 amide bonds. The van der Waals surface area contributed by atoms with Crippen LogP contribution < -0.4 is 10.1 Å². The number of rotatable bonds is 14. The molecule has 8 heteroatoms. The Morgan fingerprint density at radius 3 is 1.86 bits per heavy atom. The maximum Gasteiger partial charge on any atom is 0.407 e. The van der Waals surface area contributed by atoms with Crippen LogP contribution in [0.1, 0.15) is 85.3 Å². The van der Waals surface area contributed by atoms with Gasteiger partial charge in [0, 0.05) is 23.3 Å². The van der Waals surface area contributed by atoms with Gasteiger partial charge in [-0.25, -0.2) is 4.79 Å². The molecule has 0 aliphatic rings. The van der Waals surface area contributed by atoms with Gasteiger partial charge in [0.1, 0.15) is 18.0 Å². The molecule has 0 saturated carbocycles. The van der Waals surface area contributed by atoms with Gasteiger partial charge in [-0.2, -0.15) is 0 Å². The summed E-state index contributed by atoms with van der Waals surface area (Å²) >= 11 is 2.68. The highest BCUT2D eigenvalue weighted by atomic mass is 32.2. The first-order chi connectivity index (χ1) is 16.5. The van der Waals surface area contributed by atoms with Gasteiger partial charge in [0.15, 0.2) is 10.2 Å². The van der Waals surface area contributed by atoms with Crippen LogP contribution in [0.2, 0.25) is 0 Å². The molecule has 1 N–H and O–H groups in total. The molecule has 6 nitrogen and oxygen atoms in total. The zero-order valence-electron chi connectivity index (χ0n) is 22.4. The van der Waals surface area contributed by atoms with Gasteiger partial charge >= 0.3 is 6.09 Å². The molecule has 0 atom stereocenters. The van der Waals surface area contributed by atoms with Gasteiger partial charge in [-0.3, -0.25) is 9.59 Å². The first-order valence-corrected chi connectivity index (χ1v) is 14.6. The number of hydrogen-bond acceptors (Lipinski definition) is 7. The summed E-state index contributed by atoms with van der Waals surface area (Å²) < 4.78 is 11.1. The fourth-order valence-corrected chi connectivity index (χ4v) is 5.66. The van der Waals surface area contributed by atoms with E-state index in [1.807, 2.05) is 66.7 Å². The molecule has 0 aliphatic heterocycles. The Kier molecular flexibility index (Phi) is 14.5. The number of benzene rings is 1. The Morgan fingerprint density at radius 1 is 0.857 bits per heavy atom. The van der Waals surface area contributed by atoms with E-state index in [-0.39, 0.29) is 22.1 Å². The fourth-order valence-electron chi connectivity index (χ4n) is 3.38. The van der Waals surface area contributed by atoms with Gasteiger partial charge in [-0.1, -0.05) is 57.3 Å². The number of alkyl carbamates (subject to hydrolysis) is 1. The summed E-state index contributed by atoms with van der Waals surface area (Å²) in [7, 11) is 0. The Balaban J connectivity index is 2.84. The lowest BCUT2D eigenvalue weighted by atomic mass is 10.1.